The topological polar surface area (TPSA) is 44.0 Å². The van der Waals surface area contributed by atoms with Crippen molar-refractivity contribution in [2.45, 2.75) is 51.8 Å². The van der Waals surface area contributed by atoms with Gasteiger partial charge in [0.1, 0.15) is 12.2 Å². The lowest BCUT2D eigenvalue weighted by atomic mass is 9.68. The van der Waals surface area contributed by atoms with E-state index in [9.17, 15) is 9.50 Å². The summed E-state index contributed by atoms with van der Waals surface area (Å²) in [4.78, 5) is 0. The molecule has 0 aromatic heterocycles. The van der Waals surface area contributed by atoms with E-state index in [0.29, 0.717) is 6.42 Å². The summed E-state index contributed by atoms with van der Waals surface area (Å²) >= 11 is 0. The maximum absolute atomic E-state index is 13.5. The molecule has 3 heteroatoms. The standard InChI is InChI=1S/C11H18FNO/c1-10(2,3)8-4-5-11(14,7-13)9(12)6-8/h8-9,14H,4-6H2,1-3H3/t8-,9+,11-/m1/s1. The Balaban J connectivity index is 2.70. The van der Waals surface area contributed by atoms with E-state index in [1.807, 2.05) is 0 Å². The first-order chi connectivity index (χ1) is 6.29. The molecule has 0 saturated heterocycles. The second kappa shape index (κ2) is 3.51. The minimum atomic E-state index is -1.73. The Labute approximate surface area is 84.7 Å². The molecule has 80 valence electrons. The molecule has 0 spiro atoms. The Morgan fingerprint density at radius 3 is 2.43 bits per heavy atom. The number of hydrogen-bond donors (Lipinski definition) is 1. The summed E-state index contributed by atoms with van der Waals surface area (Å²) in [5.74, 6) is 0.256. The van der Waals surface area contributed by atoms with Crippen LogP contribution < -0.4 is 0 Å². The summed E-state index contributed by atoms with van der Waals surface area (Å²) < 4.78 is 13.5. The van der Waals surface area contributed by atoms with Gasteiger partial charge in [0.15, 0.2) is 5.60 Å². The molecule has 0 aromatic carbocycles. The second-order valence-corrected chi connectivity index (χ2v) is 5.34. The zero-order valence-corrected chi connectivity index (χ0v) is 9.05. The fourth-order valence-electron chi connectivity index (χ4n) is 2.03. The smallest absolute Gasteiger partial charge is 0.182 e. The summed E-state index contributed by atoms with van der Waals surface area (Å²) in [6.45, 7) is 6.21. The van der Waals surface area contributed by atoms with E-state index in [1.165, 1.54) is 0 Å². The number of rotatable bonds is 0. The molecule has 0 aliphatic heterocycles. The van der Waals surface area contributed by atoms with Crippen molar-refractivity contribution in [2.75, 3.05) is 0 Å². The van der Waals surface area contributed by atoms with E-state index in [4.69, 9.17) is 5.26 Å². The molecular formula is C11H18FNO. The van der Waals surface area contributed by atoms with E-state index >= 15 is 0 Å². The minimum Gasteiger partial charge on any atom is -0.373 e. The number of aliphatic hydroxyl groups is 1. The van der Waals surface area contributed by atoms with Gasteiger partial charge in [-0.15, -0.1) is 0 Å². The fraction of sp³-hybridized carbons (Fsp3) is 0.909. The van der Waals surface area contributed by atoms with Crippen LogP contribution in [0.1, 0.15) is 40.0 Å². The minimum absolute atomic E-state index is 0.0567. The lowest BCUT2D eigenvalue weighted by Crippen LogP contribution is -2.45. The van der Waals surface area contributed by atoms with E-state index < -0.39 is 11.8 Å². The van der Waals surface area contributed by atoms with Gasteiger partial charge < -0.3 is 5.11 Å². The van der Waals surface area contributed by atoms with Crippen LogP contribution in [0.25, 0.3) is 0 Å². The molecule has 2 nitrogen and oxygen atoms in total. The molecule has 1 rings (SSSR count). The van der Waals surface area contributed by atoms with E-state index in [2.05, 4.69) is 20.8 Å². The largest absolute Gasteiger partial charge is 0.373 e. The molecule has 0 heterocycles. The third kappa shape index (κ3) is 2.06. The number of nitrogens with zero attached hydrogens (tertiary/aromatic N) is 1. The molecule has 0 amide bonds. The Morgan fingerprint density at radius 1 is 1.50 bits per heavy atom. The highest BCUT2D eigenvalue weighted by molar-refractivity contribution is 5.09. The summed E-state index contributed by atoms with van der Waals surface area (Å²) in [5.41, 5.74) is -1.68. The van der Waals surface area contributed by atoms with Crippen molar-refractivity contribution in [3.8, 4) is 6.07 Å². The molecule has 1 N–H and O–H groups in total. The SMILES string of the molecule is CC(C)(C)[C@@H]1CC[C@@](O)(C#N)[C@@H](F)C1. The average Bonchev–Trinajstić information content (AvgIpc) is 2.08. The molecule has 0 radical (unpaired) electrons. The van der Waals surface area contributed by atoms with Gasteiger partial charge >= 0.3 is 0 Å². The van der Waals surface area contributed by atoms with Crippen LogP contribution in [0, 0.1) is 22.7 Å². The Hall–Kier alpha value is -0.620. The van der Waals surface area contributed by atoms with Crippen LogP contribution in [0.2, 0.25) is 0 Å². The van der Waals surface area contributed by atoms with Crippen LogP contribution in [0.3, 0.4) is 0 Å². The third-order valence-electron chi connectivity index (χ3n) is 3.30. The molecule has 1 saturated carbocycles. The highest BCUT2D eigenvalue weighted by Gasteiger charge is 2.45. The van der Waals surface area contributed by atoms with Gasteiger partial charge in [0.2, 0.25) is 0 Å². The van der Waals surface area contributed by atoms with Crippen molar-refractivity contribution in [3.63, 3.8) is 0 Å². The second-order valence-electron chi connectivity index (χ2n) is 5.34. The summed E-state index contributed by atoms with van der Waals surface area (Å²) in [6.07, 6.45) is -0.112. The zero-order chi connectivity index (χ0) is 11.0. The summed E-state index contributed by atoms with van der Waals surface area (Å²) in [7, 11) is 0. The lowest BCUT2D eigenvalue weighted by molar-refractivity contribution is -0.0487. The molecule has 0 unspecified atom stereocenters. The van der Waals surface area contributed by atoms with Crippen molar-refractivity contribution < 1.29 is 9.50 Å². The first-order valence-electron chi connectivity index (χ1n) is 5.07. The van der Waals surface area contributed by atoms with Crippen molar-refractivity contribution in [1.82, 2.24) is 0 Å². The van der Waals surface area contributed by atoms with Crippen LogP contribution in [-0.2, 0) is 0 Å². The molecule has 0 bridgehead atoms. The van der Waals surface area contributed by atoms with Gasteiger partial charge in [-0.25, -0.2) is 4.39 Å². The van der Waals surface area contributed by atoms with Gasteiger partial charge in [-0.2, -0.15) is 5.26 Å². The first kappa shape index (κ1) is 11.5. The highest BCUT2D eigenvalue weighted by Crippen LogP contribution is 2.42. The maximum Gasteiger partial charge on any atom is 0.182 e. The van der Waals surface area contributed by atoms with Crippen LogP contribution in [0.4, 0.5) is 4.39 Å². The Kier molecular flexibility index (Phi) is 2.87. The normalized spacial score (nSPS) is 39.1. The predicted octanol–water partition coefficient (Wildman–Crippen LogP) is 2.43. The van der Waals surface area contributed by atoms with Crippen molar-refractivity contribution >= 4 is 0 Å². The molecule has 1 aliphatic carbocycles. The highest BCUT2D eigenvalue weighted by atomic mass is 19.1. The van der Waals surface area contributed by atoms with Crippen LogP contribution >= 0.6 is 0 Å². The number of alkyl halides is 1. The van der Waals surface area contributed by atoms with Crippen LogP contribution in [0.5, 0.6) is 0 Å². The Bertz CT molecular complexity index is 253. The van der Waals surface area contributed by atoms with Crippen molar-refractivity contribution in [1.29, 1.82) is 5.26 Å². The van der Waals surface area contributed by atoms with Crippen LogP contribution in [0.15, 0.2) is 0 Å². The fourth-order valence-corrected chi connectivity index (χ4v) is 2.03. The molecule has 14 heavy (non-hydrogen) atoms. The van der Waals surface area contributed by atoms with Gasteiger partial charge in [0, 0.05) is 0 Å². The molecule has 3 atom stereocenters. The predicted molar refractivity (Wildman–Crippen MR) is 52.3 cm³/mol. The van der Waals surface area contributed by atoms with Gasteiger partial charge in [-0.05, 0) is 30.6 Å². The summed E-state index contributed by atoms with van der Waals surface area (Å²) in [5, 5.41) is 18.3. The van der Waals surface area contributed by atoms with Crippen molar-refractivity contribution in [3.05, 3.63) is 0 Å². The van der Waals surface area contributed by atoms with Gasteiger partial charge in [0.25, 0.3) is 0 Å². The van der Waals surface area contributed by atoms with Gasteiger partial charge in [-0.3, -0.25) is 0 Å². The Morgan fingerprint density at radius 2 is 2.07 bits per heavy atom. The van der Waals surface area contributed by atoms with Crippen LogP contribution in [-0.4, -0.2) is 16.9 Å². The summed E-state index contributed by atoms with van der Waals surface area (Å²) in [6, 6.07) is 1.68. The van der Waals surface area contributed by atoms with Crippen molar-refractivity contribution in [2.24, 2.45) is 11.3 Å². The quantitative estimate of drug-likeness (QED) is 0.609. The van der Waals surface area contributed by atoms with E-state index in [1.54, 1.807) is 6.07 Å². The molecule has 0 aromatic rings. The van der Waals surface area contributed by atoms with E-state index in [0.717, 1.165) is 6.42 Å². The maximum atomic E-state index is 13.5. The zero-order valence-electron chi connectivity index (χ0n) is 9.05. The number of halogens is 1. The monoisotopic (exact) mass is 199 g/mol. The lowest BCUT2D eigenvalue weighted by Gasteiger charge is -2.40. The van der Waals surface area contributed by atoms with Gasteiger partial charge in [0.05, 0.1) is 0 Å². The average molecular weight is 199 g/mol. The molecular weight excluding hydrogens is 181 g/mol. The first-order valence-corrected chi connectivity index (χ1v) is 5.07. The molecule has 1 aliphatic rings. The van der Waals surface area contributed by atoms with E-state index in [-0.39, 0.29) is 17.8 Å². The molecule has 1 fully saturated rings. The number of hydrogen-bond acceptors (Lipinski definition) is 2. The number of nitriles is 1. The van der Waals surface area contributed by atoms with Gasteiger partial charge in [-0.1, -0.05) is 20.8 Å². The third-order valence-corrected chi connectivity index (χ3v) is 3.30.